The van der Waals surface area contributed by atoms with Gasteiger partial charge in [0.2, 0.25) is 0 Å². The first-order chi connectivity index (χ1) is 21.2. The minimum Gasteiger partial charge on any atom is -0.455 e. The Labute approximate surface area is 277 Å². The molecule has 5 N–H and O–H groups in total. The number of aliphatic hydroxyl groups is 3. The van der Waals surface area contributed by atoms with E-state index in [0.29, 0.717) is 52.8 Å². The zero-order chi connectivity index (χ0) is 34.0. The molecule has 0 aliphatic rings. The van der Waals surface area contributed by atoms with Crippen molar-refractivity contribution < 1.29 is 38.0 Å². The van der Waals surface area contributed by atoms with E-state index in [0.717, 1.165) is 30.9 Å². The largest absolute Gasteiger partial charge is 0.455 e. The first kappa shape index (κ1) is 40.4. The number of amides is 1. The quantitative estimate of drug-likeness (QED) is 0.121. The van der Waals surface area contributed by atoms with Gasteiger partial charge in [0, 0.05) is 35.2 Å². The van der Waals surface area contributed by atoms with E-state index in [2.05, 4.69) is 37.7 Å². The lowest BCUT2D eigenvalue weighted by Gasteiger charge is -2.14. The predicted molar refractivity (Wildman–Crippen MR) is 176 cm³/mol. The highest BCUT2D eigenvalue weighted by Gasteiger charge is 2.33. The molecule has 7 nitrogen and oxygen atoms in total. The standard InChI is InChI=1S/C22H17Cl2F3N2O3S.2C5H12O/c23-14-3-8-20(32-15-4-1-13(2-5-15)21(31)28-9-10-30)19(11-14)29-33-16-6-7-18(24)17(12-16)22(25,26)27;2*1-5(2)3-4-6/h1-8,11-12,29-30H,9-10H2,(H,28,31);2*5-6H,3-4H2,1-2H3. The number of ether oxygens (including phenoxy) is 1. The van der Waals surface area contributed by atoms with Crippen LogP contribution in [-0.4, -0.2) is 47.6 Å². The van der Waals surface area contributed by atoms with Crippen LogP contribution in [0.4, 0.5) is 18.9 Å². The molecule has 0 saturated carbocycles. The summed E-state index contributed by atoms with van der Waals surface area (Å²) in [6.07, 6.45) is -2.71. The summed E-state index contributed by atoms with van der Waals surface area (Å²) in [5, 5.41) is 27.8. The Morgan fingerprint density at radius 1 is 0.867 bits per heavy atom. The van der Waals surface area contributed by atoms with Crippen LogP contribution < -0.4 is 14.8 Å². The van der Waals surface area contributed by atoms with Crippen LogP contribution in [0.25, 0.3) is 0 Å². The van der Waals surface area contributed by atoms with E-state index in [-0.39, 0.29) is 29.0 Å². The molecule has 0 atom stereocenters. The van der Waals surface area contributed by atoms with Crippen LogP contribution >= 0.6 is 35.1 Å². The highest BCUT2D eigenvalue weighted by molar-refractivity contribution is 8.00. The lowest BCUT2D eigenvalue weighted by Crippen LogP contribution is -2.26. The van der Waals surface area contributed by atoms with Crippen LogP contribution in [0.2, 0.25) is 10.0 Å². The zero-order valence-electron chi connectivity index (χ0n) is 25.6. The summed E-state index contributed by atoms with van der Waals surface area (Å²) >= 11 is 12.7. The number of aliphatic hydroxyl groups excluding tert-OH is 3. The van der Waals surface area contributed by atoms with Crippen LogP contribution in [0.15, 0.2) is 65.6 Å². The molecule has 13 heteroatoms. The number of carbonyl (C=O) groups is 1. The fourth-order valence-corrected chi connectivity index (χ4v) is 4.26. The summed E-state index contributed by atoms with van der Waals surface area (Å²) in [6.45, 7) is 9.02. The van der Waals surface area contributed by atoms with Gasteiger partial charge in [0.1, 0.15) is 5.75 Å². The SMILES string of the molecule is CC(C)CCO.CC(C)CCO.O=C(NCCO)c1ccc(Oc2ccc(Cl)cc2NSc2ccc(Cl)c(C(F)(F)F)c2)cc1. The topological polar surface area (TPSA) is 111 Å². The normalized spacial score (nSPS) is 10.9. The van der Waals surface area contributed by atoms with Gasteiger partial charge in [-0.2, -0.15) is 13.2 Å². The van der Waals surface area contributed by atoms with Crippen molar-refractivity contribution >= 4 is 46.7 Å². The summed E-state index contributed by atoms with van der Waals surface area (Å²) in [7, 11) is 0. The van der Waals surface area contributed by atoms with Gasteiger partial charge < -0.3 is 30.1 Å². The highest BCUT2D eigenvalue weighted by atomic mass is 35.5. The van der Waals surface area contributed by atoms with Gasteiger partial charge in [-0.3, -0.25) is 4.79 Å². The third-order valence-corrected chi connectivity index (χ3v) is 6.99. The maximum atomic E-state index is 13.1. The van der Waals surface area contributed by atoms with E-state index < -0.39 is 11.7 Å². The number of carbonyl (C=O) groups excluding carboxylic acids is 1. The number of alkyl halides is 3. The van der Waals surface area contributed by atoms with Crippen molar-refractivity contribution in [1.29, 1.82) is 0 Å². The fourth-order valence-electron chi connectivity index (χ4n) is 3.16. The van der Waals surface area contributed by atoms with Crippen molar-refractivity contribution in [2.45, 2.75) is 51.6 Å². The molecule has 0 aliphatic heterocycles. The van der Waals surface area contributed by atoms with Crippen LogP contribution in [0.1, 0.15) is 56.5 Å². The van der Waals surface area contributed by atoms with Crippen molar-refractivity contribution in [3.05, 3.63) is 81.8 Å². The Kier molecular flexibility index (Phi) is 19.0. The molecule has 0 unspecified atom stereocenters. The molecule has 0 saturated heterocycles. The second-order valence-electron chi connectivity index (χ2n) is 10.4. The van der Waals surface area contributed by atoms with E-state index in [9.17, 15) is 18.0 Å². The van der Waals surface area contributed by atoms with Crippen LogP contribution in [0.3, 0.4) is 0 Å². The molecular formula is C32H41Cl2F3N2O5S. The molecule has 0 heterocycles. The Morgan fingerprint density at radius 3 is 1.96 bits per heavy atom. The van der Waals surface area contributed by atoms with Gasteiger partial charge in [0.15, 0.2) is 5.75 Å². The van der Waals surface area contributed by atoms with Gasteiger partial charge >= 0.3 is 6.18 Å². The van der Waals surface area contributed by atoms with Crippen molar-refractivity contribution in [2.24, 2.45) is 11.8 Å². The molecule has 0 radical (unpaired) electrons. The van der Waals surface area contributed by atoms with Crippen molar-refractivity contribution in [3.63, 3.8) is 0 Å². The summed E-state index contributed by atoms with van der Waals surface area (Å²) < 4.78 is 48.1. The number of rotatable bonds is 12. The summed E-state index contributed by atoms with van der Waals surface area (Å²) in [4.78, 5) is 12.2. The molecule has 3 aromatic rings. The van der Waals surface area contributed by atoms with Crippen LogP contribution in [0.5, 0.6) is 11.5 Å². The fraction of sp³-hybridized carbons (Fsp3) is 0.406. The van der Waals surface area contributed by atoms with E-state index in [4.69, 9.17) is 43.3 Å². The Morgan fingerprint density at radius 2 is 1.47 bits per heavy atom. The second-order valence-corrected chi connectivity index (χ2v) is 12.1. The number of hydrogen-bond acceptors (Lipinski definition) is 7. The lowest BCUT2D eigenvalue weighted by molar-refractivity contribution is -0.137. The molecule has 0 aromatic heterocycles. The van der Waals surface area contributed by atoms with E-state index in [1.807, 2.05) is 0 Å². The third kappa shape index (κ3) is 16.5. The Balaban J connectivity index is 0.000000714. The second kappa shape index (κ2) is 21.2. The average Bonchev–Trinajstić information content (AvgIpc) is 2.97. The summed E-state index contributed by atoms with van der Waals surface area (Å²) in [5.74, 6) is 1.76. The number of benzene rings is 3. The molecule has 3 rings (SSSR count). The maximum Gasteiger partial charge on any atom is 0.417 e. The number of nitrogens with one attached hydrogen (secondary N) is 2. The van der Waals surface area contributed by atoms with Crippen LogP contribution in [0, 0.1) is 11.8 Å². The minimum absolute atomic E-state index is 0.145. The highest BCUT2D eigenvalue weighted by Crippen LogP contribution is 2.39. The van der Waals surface area contributed by atoms with Gasteiger partial charge in [-0.25, -0.2) is 0 Å². The van der Waals surface area contributed by atoms with Gasteiger partial charge in [-0.15, -0.1) is 0 Å². The number of anilines is 1. The Bertz CT molecular complexity index is 1290. The molecular weight excluding hydrogens is 652 g/mol. The molecule has 0 bridgehead atoms. The monoisotopic (exact) mass is 692 g/mol. The molecule has 45 heavy (non-hydrogen) atoms. The van der Waals surface area contributed by atoms with Crippen molar-refractivity contribution in [3.8, 4) is 11.5 Å². The number of hydrogen-bond donors (Lipinski definition) is 5. The van der Waals surface area contributed by atoms with Gasteiger partial charge in [-0.1, -0.05) is 50.9 Å². The smallest absolute Gasteiger partial charge is 0.417 e. The molecule has 250 valence electrons. The molecule has 0 fully saturated rings. The van der Waals surface area contributed by atoms with E-state index >= 15 is 0 Å². The molecule has 3 aromatic carbocycles. The Hall–Kier alpha value is -2.67. The predicted octanol–water partition coefficient (Wildman–Crippen LogP) is 8.70. The van der Waals surface area contributed by atoms with Crippen molar-refractivity contribution in [1.82, 2.24) is 5.32 Å². The van der Waals surface area contributed by atoms with Gasteiger partial charge in [-0.05, 0) is 97.3 Å². The van der Waals surface area contributed by atoms with Crippen molar-refractivity contribution in [2.75, 3.05) is 31.1 Å². The average molecular weight is 694 g/mol. The lowest BCUT2D eigenvalue weighted by atomic mass is 10.2. The van der Waals surface area contributed by atoms with Gasteiger partial charge in [0.25, 0.3) is 5.91 Å². The van der Waals surface area contributed by atoms with E-state index in [1.54, 1.807) is 42.5 Å². The zero-order valence-corrected chi connectivity index (χ0v) is 28.0. The molecule has 0 aliphatic carbocycles. The first-order valence-electron chi connectivity index (χ1n) is 14.2. The summed E-state index contributed by atoms with van der Waals surface area (Å²) in [6, 6.07) is 14.7. The maximum absolute atomic E-state index is 13.1. The van der Waals surface area contributed by atoms with E-state index in [1.165, 1.54) is 12.1 Å². The number of halogens is 5. The minimum atomic E-state index is -4.57. The van der Waals surface area contributed by atoms with Crippen LogP contribution in [-0.2, 0) is 6.18 Å². The third-order valence-electron chi connectivity index (χ3n) is 5.62. The van der Waals surface area contributed by atoms with Gasteiger partial charge in [0.05, 0.1) is 22.9 Å². The summed E-state index contributed by atoms with van der Waals surface area (Å²) in [5.41, 5.74) is -0.105. The molecule has 1 amide bonds. The molecule has 0 spiro atoms. The first-order valence-corrected chi connectivity index (χ1v) is 15.8.